The number of benzene rings is 8. The van der Waals surface area contributed by atoms with Gasteiger partial charge in [0.25, 0.3) is 0 Å². The third-order valence-corrected chi connectivity index (χ3v) is 11.9. The van der Waals surface area contributed by atoms with Crippen molar-refractivity contribution in [3.05, 3.63) is 224 Å². The normalized spacial score (nSPS) is 11.2. The summed E-state index contributed by atoms with van der Waals surface area (Å²) in [6.45, 7) is 9.18. The van der Waals surface area contributed by atoms with Crippen LogP contribution < -0.4 is 0 Å². The first-order valence-electron chi connectivity index (χ1n) is 22.0. The summed E-state index contributed by atoms with van der Waals surface area (Å²) in [5.74, 6) is 1.33. The van der Waals surface area contributed by atoms with Crippen LogP contribution in [0.5, 0.6) is 0 Å². The van der Waals surface area contributed by atoms with E-state index in [0.29, 0.717) is 0 Å². The predicted molar refractivity (Wildman–Crippen MR) is 266 cm³/mol. The van der Waals surface area contributed by atoms with Gasteiger partial charge in [-0.15, -0.1) is 48.0 Å². The van der Waals surface area contributed by atoms with Gasteiger partial charge in [-0.05, 0) is 92.7 Å². The van der Waals surface area contributed by atoms with Gasteiger partial charge < -0.3 is 14.0 Å². The molecule has 0 amide bonds. The SMILES string of the molecule is CC(C)c1cc(-c2ccc(-c3ccccc3)cc2)cc(C(C)C)c1-n1c(-c2[c-]cc(-c3ccccc3)c3c2oc2ccccc23)nc2ccccc21.[Ir].[c-]1ccccc1-c1ccccn1. The number of hydrogen-bond donors (Lipinski definition) is 0. The fraction of sp³-hybridized carbons (Fsp3) is 0.100. The summed E-state index contributed by atoms with van der Waals surface area (Å²) in [5.41, 5.74) is 17.4. The Kier molecular flexibility index (Phi) is 12.5. The Morgan fingerprint density at radius 3 is 1.82 bits per heavy atom. The van der Waals surface area contributed by atoms with E-state index in [0.717, 1.165) is 66.7 Å². The van der Waals surface area contributed by atoms with E-state index in [1.54, 1.807) is 6.20 Å². The van der Waals surface area contributed by atoms with E-state index < -0.39 is 0 Å². The molecule has 0 unspecified atom stereocenters. The molecule has 11 rings (SSSR count). The van der Waals surface area contributed by atoms with Crippen LogP contribution in [0.3, 0.4) is 0 Å². The maximum absolute atomic E-state index is 6.78. The Bertz CT molecular complexity index is 3290. The number of rotatable bonds is 8. The average molecular weight is 1020 g/mol. The van der Waals surface area contributed by atoms with E-state index in [1.807, 2.05) is 48.5 Å². The van der Waals surface area contributed by atoms with Crippen LogP contribution in [0.25, 0.3) is 94.7 Å². The first kappa shape index (κ1) is 43.1. The van der Waals surface area contributed by atoms with E-state index in [1.165, 1.54) is 39.1 Å². The van der Waals surface area contributed by atoms with Gasteiger partial charge in [-0.1, -0.05) is 172 Å². The number of aromatic nitrogens is 3. The fourth-order valence-electron chi connectivity index (χ4n) is 8.75. The molecule has 0 spiro atoms. The van der Waals surface area contributed by atoms with Gasteiger partial charge in [-0.3, -0.25) is 4.98 Å². The number of nitrogens with zero attached hydrogens (tertiary/aromatic N) is 3. The molecule has 3 aromatic heterocycles. The Labute approximate surface area is 394 Å². The number of hydrogen-bond acceptors (Lipinski definition) is 3. The van der Waals surface area contributed by atoms with Gasteiger partial charge in [0.2, 0.25) is 0 Å². The van der Waals surface area contributed by atoms with Crippen LogP contribution in [0.4, 0.5) is 0 Å². The second kappa shape index (κ2) is 18.9. The summed E-state index contributed by atoms with van der Waals surface area (Å²) >= 11 is 0. The van der Waals surface area contributed by atoms with Crippen molar-refractivity contribution in [3.8, 4) is 61.7 Å². The summed E-state index contributed by atoms with van der Waals surface area (Å²) < 4.78 is 9.15. The minimum atomic E-state index is 0. The van der Waals surface area contributed by atoms with Crippen LogP contribution in [0, 0.1) is 12.1 Å². The van der Waals surface area contributed by atoms with E-state index in [-0.39, 0.29) is 31.9 Å². The minimum absolute atomic E-state index is 0. The van der Waals surface area contributed by atoms with Crippen molar-refractivity contribution in [2.24, 2.45) is 0 Å². The third kappa shape index (κ3) is 8.49. The molecule has 65 heavy (non-hydrogen) atoms. The molecule has 0 aliphatic carbocycles. The minimum Gasteiger partial charge on any atom is -0.501 e. The zero-order chi connectivity index (χ0) is 43.6. The summed E-state index contributed by atoms with van der Waals surface area (Å²) in [4.78, 5) is 9.59. The van der Waals surface area contributed by atoms with Crippen LogP contribution in [-0.2, 0) is 20.1 Å². The predicted octanol–water partition coefficient (Wildman–Crippen LogP) is 16.2. The molecule has 0 N–H and O–H groups in total. The molecule has 5 heteroatoms. The van der Waals surface area contributed by atoms with Gasteiger partial charge in [0, 0.05) is 37.4 Å². The maximum atomic E-state index is 6.78. The molecule has 0 atom stereocenters. The van der Waals surface area contributed by atoms with Crippen LogP contribution in [0.1, 0.15) is 50.7 Å². The standard InChI is InChI=1S/C49H39N2O.C11H8N.Ir/c1-31(2)41-29-37(35-25-23-34(24-26-35)33-15-7-5-8-16-33)30-42(32(3)4)47(41)51-44-21-13-12-20-43(44)50-49(51)40-28-27-38(36-17-9-6-10-18-36)46-39-19-11-14-22-45(39)52-48(40)46;1-2-6-10(7-3-1)11-8-4-5-9-12-11;/h5-27,29-32H,1-4H3;1-6,8-9H;/q2*-1;. The number of pyridine rings is 1. The van der Waals surface area contributed by atoms with Gasteiger partial charge in [-0.25, -0.2) is 0 Å². The van der Waals surface area contributed by atoms with Crippen LogP contribution in [0.15, 0.2) is 205 Å². The van der Waals surface area contributed by atoms with Gasteiger partial charge in [0.05, 0.1) is 22.4 Å². The molecule has 8 aromatic carbocycles. The number of para-hydroxylation sites is 3. The zero-order valence-electron chi connectivity index (χ0n) is 36.8. The third-order valence-electron chi connectivity index (χ3n) is 11.9. The molecular formula is C60H47IrN3O-2. The average Bonchev–Trinajstić information content (AvgIpc) is 3.94. The Morgan fingerprint density at radius 2 is 1.15 bits per heavy atom. The molecule has 0 saturated heterocycles. The Hall–Kier alpha value is -7.17. The number of furan rings is 1. The molecule has 3 heterocycles. The summed E-state index contributed by atoms with van der Waals surface area (Å²) in [7, 11) is 0. The summed E-state index contributed by atoms with van der Waals surface area (Å²) in [6.07, 6.45) is 1.79. The molecule has 0 fully saturated rings. The summed E-state index contributed by atoms with van der Waals surface area (Å²) in [5, 5.41) is 2.17. The van der Waals surface area contributed by atoms with Crippen LogP contribution in [0.2, 0.25) is 0 Å². The van der Waals surface area contributed by atoms with Gasteiger partial charge >= 0.3 is 0 Å². The second-order valence-electron chi connectivity index (χ2n) is 16.8. The van der Waals surface area contributed by atoms with Crippen LogP contribution >= 0.6 is 0 Å². The topological polar surface area (TPSA) is 43.9 Å². The first-order chi connectivity index (χ1) is 31.4. The van der Waals surface area contributed by atoms with E-state index in [4.69, 9.17) is 9.40 Å². The second-order valence-corrected chi connectivity index (χ2v) is 16.8. The molecule has 4 nitrogen and oxygen atoms in total. The van der Waals surface area contributed by atoms with Crippen molar-refractivity contribution >= 4 is 33.0 Å². The monoisotopic (exact) mass is 1020 g/mol. The fourth-order valence-corrected chi connectivity index (χ4v) is 8.75. The Balaban J connectivity index is 0.000000355. The largest absolute Gasteiger partial charge is 0.501 e. The zero-order valence-corrected chi connectivity index (χ0v) is 39.2. The summed E-state index contributed by atoms with van der Waals surface area (Å²) in [6, 6.07) is 74.3. The van der Waals surface area contributed by atoms with Gasteiger partial charge in [0.15, 0.2) is 0 Å². The molecule has 0 aliphatic heterocycles. The molecule has 319 valence electrons. The molecule has 11 aromatic rings. The first-order valence-corrected chi connectivity index (χ1v) is 22.0. The number of imidazole rings is 1. The molecule has 0 aliphatic rings. The van der Waals surface area contributed by atoms with Gasteiger partial charge in [-0.2, -0.15) is 0 Å². The number of fused-ring (bicyclic) bond motifs is 4. The molecule has 0 bridgehead atoms. The quantitative estimate of drug-likeness (QED) is 0.142. The van der Waals surface area contributed by atoms with Crippen molar-refractivity contribution in [2.45, 2.75) is 39.5 Å². The van der Waals surface area contributed by atoms with Crippen molar-refractivity contribution in [3.63, 3.8) is 0 Å². The van der Waals surface area contributed by atoms with E-state index >= 15 is 0 Å². The van der Waals surface area contributed by atoms with Crippen molar-refractivity contribution in [2.75, 3.05) is 0 Å². The van der Waals surface area contributed by atoms with Crippen molar-refractivity contribution < 1.29 is 24.5 Å². The molecule has 0 saturated carbocycles. The van der Waals surface area contributed by atoms with Gasteiger partial charge in [0.1, 0.15) is 5.58 Å². The van der Waals surface area contributed by atoms with Crippen molar-refractivity contribution in [1.29, 1.82) is 0 Å². The molecule has 1 radical (unpaired) electrons. The maximum Gasteiger partial charge on any atom is 0.120 e. The van der Waals surface area contributed by atoms with E-state index in [2.05, 4.69) is 195 Å². The van der Waals surface area contributed by atoms with E-state index in [9.17, 15) is 0 Å². The molecular weight excluding hydrogens is 971 g/mol. The Morgan fingerprint density at radius 1 is 0.554 bits per heavy atom. The van der Waals surface area contributed by atoms with Crippen molar-refractivity contribution in [1.82, 2.24) is 14.5 Å². The smallest absolute Gasteiger partial charge is 0.120 e. The van der Waals surface area contributed by atoms with Crippen LogP contribution in [-0.4, -0.2) is 14.5 Å².